The summed E-state index contributed by atoms with van der Waals surface area (Å²) in [6.45, 7) is -0.719. The summed E-state index contributed by atoms with van der Waals surface area (Å²) in [5.74, 6) is -2.31. The predicted octanol–water partition coefficient (Wildman–Crippen LogP) is 1.75. The minimum atomic E-state index is -0.868. The average molecular weight is 400 g/mol. The van der Waals surface area contributed by atoms with Gasteiger partial charge in [0.25, 0.3) is 23.2 Å². The molecule has 12 heteroatoms. The van der Waals surface area contributed by atoms with Crippen molar-refractivity contribution in [2.24, 2.45) is 0 Å². The van der Waals surface area contributed by atoms with Crippen molar-refractivity contribution in [3.63, 3.8) is 0 Å². The van der Waals surface area contributed by atoms with Crippen molar-refractivity contribution in [2.45, 2.75) is 0 Å². The normalized spacial score (nSPS) is 12.5. The van der Waals surface area contributed by atoms with Crippen molar-refractivity contribution in [3.05, 3.63) is 67.8 Å². The maximum Gasteiger partial charge on any atom is 0.296 e. The molecule has 0 saturated heterocycles. The second-order valence-corrected chi connectivity index (χ2v) is 5.87. The zero-order valence-corrected chi connectivity index (χ0v) is 14.8. The second kappa shape index (κ2) is 7.34. The van der Waals surface area contributed by atoms with E-state index in [2.05, 4.69) is 5.32 Å². The standard InChI is InChI=1S/C17H12N4O8/c1-29-10-3-5-13(14(7-10)21(27)28)18-15(22)8-19-16(23)11-4-2-9(20(25)26)6-12(11)17(19)24/h2-7H,8H2,1H3,(H,18,22). The molecule has 1 N–H and O–H groups in total. The van der Waals surface area contributed by atoms with Gasteiger partial charge in [-0.05, 0) is 18.2 Å². The van der Waals surface area contributed by atoms with Gasteiger partial charge in [-0.15, -0.1) is 0 Å². The molecule has 0 atom stereocenters. The highest BCUT2D eigenvalue weighted by molar-refractivity contribution is 6.23. The van der Waals surface area contributed by atoms with Crippen molar-refractivity contribution in [1.82, 2.24) is 4.90 Å². The van der Waals surface area contributed by atoms with E-state index in [1.807, 2.05) is 0 Å². The summed E-state index contributed by atoms with van der Waals surface area (Å²) in [6.07, 6.45) is 0. The fourth-order valence-corrected chi connectivity index (χ4v) is 2.76. The summed E-state index contributed by atoms with van der Waals surface area (Å²) in [7, 11) is 1.32. The Kier molecular flexibility index (Phi) is 4.92. The Balaban J connectivity index is 1.80. The third kappa shape index (κ3) is 3.58. The molecular weight excluding hydrogens is 388 g/mol. The van der Waals surface area contributed by atoms with Crippen molar-refractivity contribution in [1.29, 1.82) is 0 Å². The van der Waals surface area contributed by atoms with Crippen LogP contribution in [-0.2, 0) is 4.79 Å². The highest BCUT2D eigenvalue weighted by Gasteiger charge is 2.38. The van der Waals surface area contributed by atoms with Gasteiger partial charge in [0.05, 0.1) is 34.1 Å². The molecule has 0 bridgehead atoms. The molecule has 12 nitrogen and oxygen atoms in total. The smallest absolute Gasteiger partial charge is 0.296 e. The Morgan fingerprint density at radius 2 is 1.72 bits per heavy atom. The number of benzene rings is 2. The zero-order valence-electron chi connectivity index (χ0n) is 14.8. The second-order valence-electron chi connectivity index (χ2n) is 5.87. The van der Waals surface area contributed by atoms with Crippen LogP contribution >= 0.6 is 0 Å². The Morgan fingerprint density at radius 3 is 2.34 bits per heavy atom. The first kappa shape index (κ1) is 19.4. The van der Waals surface area contributed by atoms with Gasteiger partial charge in [-0.3, -0.25) is 39.5 Å². The van der Waals surface area contributed by atoms with E-state index in [1.165, 1.54) is 19.2 Å². The molecule has 1 heterocycles. The summed E-state index contributed by atoms with van der Waals surface area (Å²) in [4.78, 5) is 58.3. The number of nitro groups is 2. The number of fused-ring (bicyclic) bond motifs is 1. The number of nitrogens with one attached hydrogen (secondary N) is 1. The third-order valence-electron chi connectivity index (χ3n) is 4.14. The van der Waals surface area contributed by atoms with Gasteiger partial charge in [0.2, 0.25) is 5.91 Å². The van der Waals surface area contributed by atoms with E-state index < -0.39 is 39.8 Å². The fourth-order valence-electron chi connectivity index (χ4n) is 2.76. The molecule has 0 radical (unpaired) electrons. The lowest BCUT2D eigenvalue weighted by atomic mass is 10.1. The maximum absolute atomic E-state index is 12.4. The van der Waals surface area contributed by atoms with E-state index >= 15 is 0 Å². The minimum Gasteiger partial charge on any atom is -0.496 e. The van der Waals surface area contributed by atoms with Crippen LogP contribution in [0.2, 0.25) is 0 Å². The maximum atomic E-state index is 12.4. The summed E-state index contributed by atoms with van der Waals surface area (Å²) < 4.78 is 4.90. The van der Waals surface area contributed by atoms with Crippen LogP contribution in [-0.4, -0.2) is 46.1 Å². The summed E-state index contributed by atoms with van der Waals surface area (Å²) in [5, 5.41) is 24.3. The number of nitro benzene ring substituents is 2. The molecule has 0 spiro atoms. The molecule has 148 valence electrons. The van der Waals surface area contributed by atoms with Crippen molar-refractivity contribution < 1.29 is 29.0 Å². The van der Waals surface area contributed by atoms with Gasteiger partial charge in [-0.25, -0.2) is 0 Å². The molecule has 3 amide bonds. The van der Waals surface area contributed by atoms with Crippen LogP contribution < -0.4 is 10.1 Å². The van der Waals surface area contributed by atoms with Gasteiger partial charge >= 0.3 is 0 Å². The molecule has 0 unspecified atom stereocenters. The van der Waals surface area contributed by atoms with E-state index in [4.69, 9.17) is 4.74 Å². The topological polar surface area (TPSA) is 162 Å². The van der Waals surface area contributed by atoms with E-state index in [0.717, 1.165) is 24.3 Å². The van der Waals surface area contributed by atoms with Gasteiger partial charge < -0.3 is 10.1 Å². The lowest BCUT2D eigenvalue weighted by Crippen LogP contribution is -2.37. The van der Waals surface area contributed by atoms with Crippen LogP contribution in [0.15, 0.2) is 36.4 Å². The van der Waals surface area contributed by atoms with Gasteiger partial charge in [0, 0.05) is 12.1 Å². The molecule has 29 heavy (non-hydrogen) atoms. The molecule has 1 aliphatic rings. The molecule has 2 aromatic carbocycles. The third-order valence-corrected chi connectivity index (χ3v) is 4.14. The molecule has 0 aromatic heterocycles. The van der Waals surface area contributed by atoms with Crippen LogP contribution in [0.4, 0.5) is 17.1 Å². The van der Waals surface area contributed by atoms with E-state index in [9.17, 15) is 34.6 Å². The number of rotatable bonds is 6. The number of anilines is 1. The highest BCUT2D eigenvalue weighted by Crippen LogP contribution is 2.30. The predicted molar refractivity (Wildman–Crippen MR) is 96.7 cm³/mol. The fraction of sp³-hybridized carbons (Fsp3) is 0.118. The lowest BCUT2D eigenvalue weighted by molar-refractivity contribution is -0.384. The molecular formula is C17H12N4O8. The van der Waals surface area contributed by atoms with Gasteiger partial charge in [-0.2, -0.15) is 0 Å². The van der Waals surface area contributed by atoms with Gasteiger partial charge in [0.1, 0.15) is 18.0 Å². The molecule has 0 aliphatic carbocycles. The van der Waals surface area contributed by atoms with Gasteiger partial charge in [0.15, 0.2) is 0 Å². The van der Waals surface area contributed by atoms with Gasteiger partial charge in [-0.1, -0.05) is 0 Å². The highest BCUT2D eigenvalue weighted by atomic mass is 16.6. The van der Waals surface area contributed by atoms with Crippen LogP contribution in [0.1, 0.15) is 20.7 Å². The number of amides is 3. The van der Waals surface area contributed by atoms with E-state index in [1.54, 1.807) is 0 Å². The number of carbonyl (C=O) groups excluding carboxylic acids is 3. The summed E-state index contributed by atoms with van der Waals surface area (Å²) in [6, 6.07) is 6.93. The Hall–Kier alpha value is -4.35. The van der Waals surface area contributed by atoms with Crippen molar-refractivity contribution >= 4 is 34.8 Å². The number of imide groups is 1. The molecule has 3 rings (SSSR count). The Bertz CT molecular complexity index is 1080. The van der Waals surface area contributed by atoms with Crippen LogP contribution in [0.5, 0.6) is 5.75 Å². The number of hydrogen-bond donors (Lipinski definition) is 1. The van der Waals surface area contributed by atoms with E-state index in [-0.39, 0.29) is 28.3 Å². The first-order valence-corrected chi connectivity index (χ1v) is 8.00. The van der Waals surface area contributed by atoms with E-state index in [0.29, 0.717) is 4.90 Å². The minimum absolute atomic E-state index is 0.0659. The number of methoxy groups -OCH3 is 1. The summed E-state index contributed by atoms with van der Waals surface area (Å²) >= 11 is 0. The monoisotopic (exact) mass is 400 g/mol. The molecule has 1 aliphatic heterocycles. The Labute approximate surface area is 162 Å². The molecule has 0 saturated carbocycles. The largest absolute Gasteiger partial charge is 0.496 e. The van der Waals surface area contributed by atoms with Crippen molar-refractivity contribution in [3.8, 4) is 5.75 Å². The van der Waals surface area contributed by atoms with Crippen LogP contribution in [0.25, 0.3) is 0 Å². The summed E-state index contributed by atoms with van der Waals surface area (Å²) in [5.41, 5.74) is -1.20. The number of hydrogen-bond acceptors (Lipinski definition) is 8. The Morgan fingerprint density at radius 1 is 1.03 bits per heavy atom. The number of carbonyl (C=O) groups is 3. The lowest BCUT2D eigenvalue weighted by Gasteiger charge is -2.14. The molecule has 0 fully saturated rings. The first-order chi connectivity index (χ1) is 13.7. The van der Waals surface area contributed by atoms with Crippen molar-refractivity contribution in [2.75, 3.05) is 19.0 Å². The first-order valence-electron chi connectivity index (χ1n) is 8.00. The molecule has 2 aromatic rings. The number of nitrogens with zero attached hydrogens (tertiary/aromatic N) is 3. The average Bonchev–Trinajstić information content (AvgIpc) is 2.92. The SMILES string of the molecule is COc1ccc(NC(=O)CN2C(=O)c3ccc([N+](=O)[O-])cc3C2=O)c([N+](=O)[O-])c1. The quantitative estimate of drug-likeness (QED) is 0.435. The van der Waals surface area contributed by atoms with Crippen LogP contribution in [0.3, 0.4) is 0 Å². The number of non-ortho nitro benzene ring substituents is 1. The van der Waals surface area contributed by atoms with Crippen LogP contribution in [0, 0.1) is 20.2 Å². The number of ether oxygens (including phenoxy) is 1. The zero-order chi connectivity index (χ0) is 21.3.